The SMILES string of the molecule is C[C@@H]1CN([C@@H](C)CO)C(=O)c2cc(NC(=O)NC3CCCCC3)ccc2O[C@@H]1CN(C)C(=O)Nc1ccc(F)cc1. The Labute approximate surface area is 240 Å². The summed E-state index contributed by atoms with van der Waals surface area (Å²) in [7, 11) is 1.63. The van der Waals surface area contributed by atoms with Crippen LogP contribution < -0.4 is 20.7 Å². The highest BCUT2D eigenvalue weighted by atomic mass is 19.1. The molecular weight excluding hydrogens is 529 g/mol. The second-order valence-corrected chi connectivity index (χ2v) is 11.1. The molecular formula is C30H40FN5O5. The van der Waals surface area contributed by atoms with Crippen molar-refractivity contribution in [1.82, 2.24) is 15.1 Å². The molecule has 3 atom stereocenters. The third kappa shape index (κ3) is 7.87. The van der Waals surface area contributed by atoms with Gasteiger partial charge < -0.3 is 35.6 Å². The molecule has 41 heavy (non-hydrogen) atoms. The Hall–Kier alpha value is -3.86. The highest BCUT2D eigenvalue weighted by Gasteiger charge is 2.34. The lowest BCUT2D eigenvalue weighted by Gasteiger charge is -2.38. The van der Waals surface area contributed by atoms with E-state index in [4.69, 9.17) is 4.74 Å². The highest BCUT2D eigenvalue weighted by Crippen LogP contribution is 2.31. The molecule has 0 unspecified atom stereocenters. The van der Waals surface area contributed by atoms with E-state index in [2.05, 4.69) is 16.0 Å². The van der Waals surface area contributed by atoms with E-state index in [0.717, 1.165) is 25.7 Å². The Morgan fingerprint density at radius 3 is 2.46 bits per heavy atom. The quantitative estimate of drug-likeness (QED) is 0.386. The number of hydrogen-bond acceptors (Lipinski definition) is 5. The van der Waals surface area contributed by atoms with Gasteiger partial charge in [0.1, 0.15) is 17.7 Å². The molecule has 2 aromatic carbocycles. The zero-order valence-electron chi connectivity index (χ0n) is 23.9. The molecule has 1 saturated carbocycles. The number of carbonyl (C=O) groups excluding carboxylic acids is 3. The predicted octanol–water partition coefficient (Wildman–Crippen LogP) is 4.66. The second kappa shape index (κ2) is 13.7. The number of carbonyl (C=O) groups is 3. The topological polar surface area (TPSA) is 123 Å². The third-order valence-electron chi connectivity index (χ3n) is 7.76. The number of fused-ring (bicyclic) bond motifs is 1. The van der Waals surface area contributed by atoms with Crippen molar-refractivity contribution in [2.24, 2.45) is 5.92 Å². The van der Waals surface area contributed by atoms with Gasteiger partial charge in [0.2, 0.25) is 0 Å². The molecule has 2 aliphatic rings. The summed E-state index contributed by atoms with van der Waals surface area (Å²) < 4.78 is 19.6. The number of nitrogens with zero attached hydrogens (tertiary/aromatic N) is 2. The molecule has 0 saturated heterocycles. The van der Waals surface area contributed by atoms with Gasteiger partial charge in [-0.1, -0.05) is 26.2 Å². The Morgan fingerprint density at radius 1 is 1.10 bits per heavy atom. The van der Waals surface area contributed by atoms with Crippen LogP contribution in [0.25, 0.3) is 0 Å². The van der Waals surface area contributed by atoms with E-state index < -0.39 is 24.0 Å². The van der Waals surface area contributed by atoms with Crippen LogP contribution in [0.2, 0.25) is 0 Å². The average Bonchev–Trinajstić information content (AvgIpc) is 2.96. The predicted molar refractivity (Wildman–Crippen MR) is 155 cm³/mol. The summed E-state index contributed by atoms with van der Waals surface area (Å²) in [5.74, 6) is -0.578. The normalized spacial score (nSPS) is 20.1. The van der Waals surface area contributed by atoms with E-state index in [-0.39, 0.29) is 49.2 Å². The first kappa shape index (κ1) is 30.1. The number of likely N-dealkylation sites (N-methyl/N-ethyl adjacent to an activating group) is 1. The van der Waals surface area contributed by atoms with Crippen molar-refractivity contribution < 1.29 is 28.6 Å². The first-order valence-electron chi connectivity index (χ1n) is 14.2. The number of aliphatic hydroxyl groups excluding tert-OH is 1. The van der Waals surface area contributed by atoms with Crippen LogP contribution in [-0.4, -0.2) is 77.8 Å². The highest BCUT2D eigenvalue weighted by molar-refractivity contribution is 5.99. The van der Waals surface area contributed by atoms with E-state index in [1.165, 1.54) is 35.6 Å². The van der Waals surface area contributed by atoms with Gasteiger partial charge in [-0.05, 0) is 62.2 Å². The van der Waals surface area contributed by atoms with Crippen molar-refractivity contribution in [3.8, 4) is 5.75 Å². The van der Waals surface area contributed by atoms with Crippen LogP contribution in [0.5, 0.6) is 5.75 Å². The van der Waals surface area contributed by atoms with Gasteiger partial charge in [-0.15, -0.1) is 0 Å². The molecule has 222 valence electrons. The molecule has 1 aliphatic carbocycles. The van der Waals surface area contributed by atoms with Crippen molar-refractivity contribution in [3.05, 3.63) is 53.8 Å². The van der Waals surface area contributed by atoms with Crippen molar-refractivity contribution in [1.29, 1.82) is 0 Å². The van der Waals surface area contributed by atoms with Crippen LogP contribution in [0.3, 0.4) is 0 Å². The molecule has 4 rings (SSSR count). The van der Waals surface area contributed by atoms with Crippen LogP contribution in [0.15, 0.2) is 42.5 Å². The summed E-state index contributed by atoms with van der Waals surface area (Å²) in [6, 6.07) is 9.38. The summed E-state index contributed by atoms with van der Waals surface area (Å²) in [6.07, 6.45) is 4.78. The number of hydrogen-bond donors (Lipinski definition) is 4. The first-order chi connectivity index (χ1) is 19.6. The molecule has 2 aromatic rings. The number of urea groups is 2. The summed E-state index contributed by atoms with van der Waals surface area (Å²) in [5, 5.41) is 18.5. The molecule has 1 heterocycles. The monoisotopic (exact) mass is 569 g/mol. The minimum absolute atomic E-state index is 0.137. The fraction of sp³-hybridized carbons (Fsp3) is 0.500. The van der Waals surface area contributed by atoms with Crippen molar-refractivity contribution >= 4 is 29.3 Å². The lowest BCUT2D eigenvalue weighted by molar-refractivity contribution is 0.0371. The summed E-state index contributed by atoms with van der Waals surface area (Å²) in [5.41, 5.74) is 1.17. The number of nitrogens with one attached hydrogen (secondary N) is 3. The largest absolute Gasteiger partial charge is 0.487 e. The molecule has 0 spiro atoms. The molecule has 0 radical (unpaired) electrons. The lowest BCUT2D eigenvalue weighted by atomic mass is 9.96. The van der Waals surface area contributed by atoms with Gasteiger partial charge in [0.15, 0.2) is 0 Å². The number of amides is 5. The molecule has 5 amide bonds. The van der Waals surface area contributed by atoms with Crippen LogP contribution in [0, 0.1) is 11.7 Å². The minimum atomic E-state index is -0.493. The summed E-state index contributed by atoms with van der Waals surface area (Å²) in [6.45, 7) is 3.97. The van der Waals surface area contributed by atoms with Gasteiger partial charge in [-0.3, -0.25) is 4.79 Å². The van der Waals surface area contributed by atoms with Gasteiger partial charge in [-0.2, -0.15) is 0 Å². The number of benzene rings is 2. The first-order valence-corrected chi connectivity index (χ1v) is 14.2. The fourth-order valence-corrected chi connectivity index (χ4v) is 5.22. The van der Waals surface area contributed by atoms with Gasteiger partial charge in [-0.25, -0.2) is 14.0 Å². The van der Waals surface area contributed by atoms with Crippen LogP contribution in [-0.2, 0) is 0 Å². The van der Waals surface area contributed by atoms with E-state index in [1.54, 1.807) is 37.1 Å². The molecule has 1 aliphatic heterocycles. The smallest absolute Gasteiger partial charge is 0.321 e. The van der Waals surface area contributed by atoms with Crippen LogP contribution in [0.4, 0.5) is 25.4 Å². The minimum Gasteiger partial charge on any atom is -0.487 e. The maximum absolute atomic E-state index is 13.7. The Balaban J connectivity index is 1.52. The molecule has 10 nitrogen and oxygen atoms in total. The average molecular weight is 570 g/mol. The summed E-state index contributed by atoms with van der Waals surface area (Å²) in [4.78, 5) is 42.2. The zero-order chi connectivity index (χ0) is 29.5. The van der Waals surface area contributed by atoms with Gasteiger partial charge in [0.05, 0.1) is 24.8 Å². The van der Waals surface area contributed by atoms with Crippen LogP contribution >= 0.6 is 0 Å². The molecule has 0 bridgehead atoms. The van der Waals surface area contributed by atoms with Crippen molar-refractivity contribution in [3.63, 3.8) is 0 Å². The number of anilines is 2. The summed E-state index contributed by atoms with van der Waals surface area (Å²) >= 11 is 0. The molecule has 1 fully saturated rings. The van der Waals surface area contributed by atoms with Gasteiger partial charge in [0, 0.05) is 36.9 Å². The van der Waals surface area contributed by atoms with E-state index in [0.29, 0.717) is 17.1 Å². The van der Waals surface area contributed by atoms with E-state index >= 15 is 0 Å². The van der Waals surface area contributed by atoms with Gasteiger partial charge in [0.25, 0.3) is 5.91 Å². The number of rotatable bonds is 7. The van der Waals surface area contributed by atoms with E-state index in [1.807, 2.05) is 6.92 Å². The Morgan fingerprint density at radius 2 is 1.78 bits per heavy atom. The van der Waals surface area contributed by atoms with Crippen LogP contribution in [0.1, 0.15) is 56.3 Å². The third-order valence-corrected chi connectivity index (χ3v) is 7.76. The second-order valence-electron chi connectivity index (χ2n) is 11.1. The molecule has 4 N–H and O–H groups in total. The Bertz CT molecular complexity index is 1220. The molecule has 0 aromatic heterocycles. The number of ether oxygens (including phenoxy) is 1. The standard InChI is InChI=1S/C30H40FN5O5/c1-19-16-36(20(2)18-37)28(38)25-15-24(33-29(39)32-22-7-5-4-6-8-22)13-14-26(25)41-27(19)17-35(3)30(40)34-23-11-9-21(31)10-12-23/h9-15,19-20,22,27,37H,4-8,16-18H2,1-3H3,(H,34,40)(H2,32,33,39)/t19-,20+,27-/m1/s1. The van der Waals surface area contributed by atoms with Crippen molar-refractivity contribution in [2.75, 3.05) is 37.4 Å². The fourth-order valence-electron chi connectivity index (χ4n) is 5.22. The number of halogens is 1. The Kier molecular flexibility index (Phi) is 10.0. The maximum atomic E-state index is 13.7. The van der Waals surface area contributed by atoms with Crippen molar-refractivity contribution in [2.45, 2.75) is 64.1 Å². The zero-order valence-corrected chi connectivity index (χ0v) is 23.9. The van der Waals surface area contributed by atoms with E-state index in [9.17, 15) is 23.9 Å². The number of aliphatic hydroxyl groups is 1. The lowest BCUT2D eigenvalue weighted by Crippen LogP contribution is -2.50. The molecule has 11 heteroatoms. The van der Waals surface area contributed by atoms with Gasteiger partial charge >= 0.3 is 12.1 Å². The maximum Gasteiger partial charge on any atom is 0.321 e.